The summed E-state index contributed by atoms with van der Waals surface area (Å²) < 4.78 is 31.0. The maximum Gasteiger partial charge on any atom is 0.191 e. The van der Waals surface area contributed by atoms with Gasteiger partial charge in [0.1, 0.15) is 5.75 Å². The number of rotatable bonds is 11. The lowest BCUT2D eigenvalue weighted by atomic mass is 10.1. The zero-order valence-corrected chi connectivity index (χ0v) is 20.7. The highest BCUT2D eigenvalue weighted by atomic mass is 127. The topological polar surface area (TPSA) is 77.0 Å². The van der Waals surface area contributed by atoms with Crippen LogP contribution in [-0.2, 0) is 16.0 Å². The van der Waals surface area contributed by atoms with Crippen LogP contribution >= 0.6 is 24.0 Å². The molecule has 176 valence electrons. The van der Waals surface area contributed by atoms with E-state index in [1.807, 2.05) is 13.0 Å². The Kier molecular flexibility index (Phi) is 12.3. The van der Waals surface area contributed by atoms with E-state index < -0.39 is 5.82 Å². The molecule has 0 saturated carbocycles. The average molecular weight is 558 g/mol. The molecule has 1 atom stereocenters. The van der Waals surface area contributed by atoms with Gasteiger partial charge < -0.3 is 24.8 Å². The SMILES string of the molecule is CCNC(=NCc1ccc(Oc2cccnc2)c(F)c1)NCCCOCC1CCOC1.I. The van der Waals surface area contributed by atoms with E-state index in [4.69, 9.17) is 14.2 Å². The standard InChI is InChI=1S/C23H31FN4O3.HI/c1-2-26-23(27-10-4-11-29-16-19-8-12-30-17-19)28-14-18-6-7-22(21(24)13-18)31-20-5-3-9-25-15-20;/h3,5-7,9,13,15,19H,2,4,8,10-12,14,16-17H2,1H3,(H2,26,27,28);1H. The fraction of sp³-hybridized carbons (Fsp3) is 0.478. The number of halogens is 2. The van der Waals surface area contributed by atoms with E-state index in [9.17, 15) is 4.39 Å². The molecule has 7 nitrogen and oxygen atoms in total. The normalized spacial score (nSPS) is 15.8. The van der Waals surface area contributed by atoms with Crippen LogP contribution in [0.2, 0.25) is 0 Å². The number of hydrogen-bond donors (Lipinski definition) is 2. The lowest BCUT2D eigenvalue weighted by Gasteiger charge is -2.12. The second-order valence-electron chi connectivity index (χ2n) is 7.34. The molecule has 0 spiro atoms. The lowest BCUT2D eigenvalue weighted by molar-refractivity contribution is 0.0888. The van der Waals surface area contributed by atoms with Gasteiger partial charge in [-0.05, 0) is 49.6 Å². The Morgan fingerprint density at radius 2 is 2.22 bits per heavy atom. The van der Waals surface area contributed by atoms with Gasteiger partial charge in [0.15, 0.2) is 17.5 Å². The molecule has 2 heterocycles. The van der Waals surface area contributed by atoms with Crippen molar-refractivity contribution in [3.05, 3.63) is 54.1 Å². The largest absolute Gasteiger partial charge is 0.453 e. The maximum absolute atomic E-state index is 14.4. The van der Waals surface area contributed by atoms with E-state index >= 15 is 0 Å². The van der Waals surface area contributed by atoms with Crippen molar-refractivity contribution in [2.24, 2.45) is 10.9 Å². The fourth-order valence-electron chi connectivity index (χ4n) is 3.12. The van der Waals surface area contributed by atoms with Gasteiger partial charge in [-0.1, -0.05) is 6.07 Å². The van der Waals surface area contributed by atoms with Crippen molar-refractivity contribution < 1.29 is 18.6 Å². The predicted molar refractivity (Wildman–Crippen MR) is 133 cm³/mol. The molecular formula is C23H32FIN4O3. The molecular weight excluding hydrogens is 526 g/mol. The third-order valence-electron chi connectivity index (χ3n) is 4.76. The Morgan fingerprint density at radius 1 is 1.31 bits per heavy atom. The summed E-state index contributed by atoms with van der Waals surface area (Å²) in [6.45, 7) is 6.99. The van der Waals surface area contributed by atoms with Gasteiger partial charge in [0.25, 0.3) is 0 Å². The zero-order chi connectivity index (χ0) is 21.7. The van der Waals surface area contributed by atoms with Crippen molar-refractivity contribution in [3.63, 3.8) is 0 Å². The van der Waals surface area contributed by atoms with Crippen molar-refractivity contribution in [2.75, 3.05) is 39.5 Å². The van der Waals surface area contributed by atoms with Crippen LogP contribution in [0.4, 0.5) is 4.39 Å². The monoisotopic (exact) mass is 558 g/mol. The number of benzene rings is 1. The minimum Gasteiger partial charge on any atom is -0.453 e. The van der Waals surface area contributed by atoms with Gasteiger partial charge in [0.2, 0.25) is 0 Å². The number of pyridine rings is 1. The Bertz CT molecular complexity index is 820. The average Bonchev–Trinajstić information content (AvgIpc) is 3.30. The molecule has 1 aromatic carbocycles. The highest BCUT2D eigenvalue weighted by molar-refractivity contribution is 14.0. The van der Waals surface area contributed by atoms with E-state index in [2.05, 4.69) is 20.6 Å². The Morgan fingerprint density at radius 3 is 2.94 bits per heavy atom. The van der Waals surface area contributed by atoms with Crippen molar-refractivity contribution >= 4 is 29.9 Å². The third kappa shape index (κ3) is 9.25. The number of ether oxygens (including phenoxy) is 3. The van der Waals surface area contributed by atoms with Crippen LogP contribution in [0.15, 0.2) is 47.7 Å². The van der Waals surface area contributed by atoms with Crippen LogP contribution in [0.5, 0.6) is 11.5 Å². The highest BCUT2D eigenvalue weighted by Crippen LogP contribution is 2.24. The summed E-state index contributed by atoms with van der Waals surface area (Å²) in [4.78, 5) is 8.50. The van der Waals surface area contributed by atoms with Gasteiger partial charge in [0, 0.05) is 38.4 Å². The summed E-state index contributed by atoms with van der Waals surface area (Å²) in [5.41, 5.74) is 0.760. The van der Waals surface area contributed by atoms with Crippen molar-refractivity contribution in [1.82, 2.24) is 15.6 Å². The summed E-state index contributed by atoms with van der Waals surface area (Å²) >= 11 is 0. The van der Waals surface area contributed by atoms with Gasteiger partial charge in [-0.25, -0.2) is 9.38 Å². The molecule has 9 heteroatoms. The van der Waals surface area contributed by atoms with Crippen LogP contribution in [-0.4, -0.2) is 50.5 Å². The summed E-state index contributed by atoms with van der Waals surface area (Å²) in [7, 11) is 0. The van der Waals surface area contributed by atoms with E-state index in [0.717, 1.165) is 51.3 Å². The van der Waals surface area contributed by atoms with Gasteiger partial charge in [-0.3, -0.25) is 4.98 Å². The van der Waals surface area contributed by atoms with E-state index in [-0.39, 0.29) is 29.7 Å². The molecule has 2 aromatic rings. The number of nitrogens with one attached hydrogen (secondary N) is 2. The summed E-state index contributed by atoms with van der Waals surface area (Å²) in [5.74, 6) is 1.46. The van der Waals surface area contributed by atoms with E-state index in [0.29, 0.717) is 30.8 Å². The van der Waals surface area contributed by atoms with Crippen LogP contribution in [0, 0.1) is 11.7 Å². The van der Waals surface area contributed by atoms with Crippen LogP contribution in [0.3, 0.4) is 0 Å². The van der Waals surface area contributed by atoms with Crippen molar-refractivity contribution in [2.45, 2.75) is 26.3 Å². The first kappa shape index (κ1) is 26.3. The molecule has 32 heavy (non-hydrogen) atoms. The van der Waals surface area contributed by atoms with Gasteiger partial charge >= 0.3 is 0 Å². The fourth-order valence-corrected chi connectivity index (χ4v) is 3.12. The molecule has 0 amide bonds. The molecule has 3 rings (SSSR count). The molecule has 0 bridgehead atoms. The Balaban J connectivity index is 0.00000363. The first-order chi connectivity index (χ1) is 15.2. The van der Waals surface area contributed by atoms with Gasteiger partial charge in [-0.2, -0.15) is 0 Å². The maximum atomic E-state index is 14.4. The van der Waals surface area contributed by atoms with Crippen molar-refractivity contribution in [3.8, 4) is 11.5 Å². The second kappa shape index (κ2) is 15.0. The molecule has 1 aliphatic heterocycles. The minimum absolute atomic E-state index is 0. The predicted octanol–water partition coefficient (Wildman–Crippen LogP) is 4.13. The van der Waals surface area contributed by atoms with Crippen LogP contribution in [0.1, 0.15) is 25.3 Å². The molecule has 1 aliphatic rings. The molecule has 1 fully saturated rings. The van der Waals surface area contributed by atoms with Crippen LogP contribution < -0.4 is 15.4 Å². The third-order valence-corrected chi connectivity index (χ3v) is 4.76. The summed E-state index contributed by atoms with van der Waals surface area (Å²) in [6.07, 6.45) is 5.15. The molecule has 1 aromatic heterocycles. The smallest absolute Gasteiger partial charge is 0.191 e. The lowest BCUT2D eigenvalue weighted by Crippen LogP contribution is -2.38. The molecule has 0 radical (unpaired) electrons. The first-order valence-corrected chi connectivity index (χ1v) is 10.8. The van der Waals surface area contributed by atoms with Gasteiger partial charge in [-0.15, -0.1) is 24.0 Å². The molecule has 1 saturated heterocycles. The molecule has 0 aliphatic carbocycles. The number of guanidine groups is 1. The number of hydrogen-bond acceptors (Lipinski definition) is 5. The summed E-state index contributed by atoms with van der Waals surface area (Å²) in [5, 5.41) is 6.49. The van der Waals surface area contributed by atoms with Crippen LogP contribution in [0.25, 0.3) is 0 Å². The van der Waals surface area contributed by atoms with Crippen molar-refractivity contribution in [1.29, 1.82) is 0 Å². The minimum atomic E-state index is -0.431. The van der Waals surface area contributed by atoms with E-state index in [1.165, 1.54) is 6.07 Å². The van der Waals surface area contributed by atoms with Gasteiger partial charge in [0.05, 0.1) is 26.0 Å². The Hall–Kier alpha value is -1.98. The summed E-state index contributed by atoms with van der Waals surface area (Å²) in [6, 6.07) is 8.33. The zero-order valence-electron chi connectivity index (χ0n) is 18.4. The first-order valence-electron chi connectivity index (χ1n) is 10.8. The number of nitrogens with zero attached hydrogens (tertiary/aromatic N) is 2. The number of aliphatic imine (C=N–C) groups is 1. The molecule has 1 unspecified atom stereocenters. The Labute approximate surface area is 206 Å². The number of aromatic nitrogens is 1. The molecule has 2 N–H and O–H groups in total. The second-order valence-corrected chi connectivity index (χ2v) is 7.34. The quantitative estimate of drug-likeness (QED) is 0.187. The van der Waals surface area contributed by atoms with E-state index in [1.54, 1.807) is 30.6 Å². The highest BCUT2D eigenvalue weighted by Gasteiger charge is 2.15.